The lowest BCUT2D eigenvalue weighted by Gasteiger charge is -2.27. The molecule has 0 spiro atoms. The van der Waals surface area contributed by atoms with Gasteiger partial charge in [-0.25, -0.2) is 0 Å². The molecule has 1 aromatic carbocycles. The van der Waals surface area contributed by atoms with E-state index in [1.165, 1.54) is 12.8 Å². The first-order valence-corrected chi connectivity index (χ1v) is 7.11. The molecule has 2 rings (SSSR count). The van der Waals surface area contributed by atoms with Crippen molar-refractivity contribution in [3.05, 3.63) is 28.8 Å². The van der Waals surface area contributed by atoms with Crippen LogP contribution in [0.1, 0.15) is 38.2 Å². The van der Waals surface area contributed by atoms with Gasteiger partial charge in [0.1, 0.15) is 10.7 Å². The van der Waals surface area contributed by atoms with E-state index < -0.39 is 0 Å². The van der Waals surface area contributed by atoms with E-state index in [0.717, 1.165) is 30.1 Å². The van der Waals surface area contributed by atoms with Crippen molar-refractivity contribution >= 4 is 28.8 Å². The summed E-state index contributed by atoms with van der Waals surface area (Å²) < 4.78 is 6.02. The Morgan fingerprint density at radius 1 is 1.33 bits per heavy atom. The predicted octanol–water partition coefficient (Wildman–Crippen LogP) is 3.93. The van der Waals surface area contributed by atoms with Gasteiger partial charge >= 0.3 is 0 Å². The molecular weight excluding hydrogens is 266 g/mol. The zero-order valence-electron chi connectivity index (χ0n) is 10.5. The van der Waals surface area contributed by atoms with Crippen LogP contribution in [0.15, 0.2) is 18.2 Å². The lowest BCUT2D eigenvalue weighted by atomic mass is 9.89. The fourth-order valence-corrected chi connectivity index (χ4v) is 2.65. The molecule has 1 aliphatic rings. The number of ether oxygens (including phenoxy) is 1. The molecule has 0 unspecified atom stereocenters. The fourth-order valence-electron chi connectivity index (χ4n) is 2.32. The zero-order chi connectivity index (χ0) is 13.1. The van der Waals surface area contributed by atoms with Crippen LogP contribution in [0.3, 0.4) is 0 Å². The molecule has 18 heavy (non-hydrogen) atoms. The quantitative estimate of drug-likeness (QED) is 0.854. The smallest absolute Gasteiger partial charge is 0.131 e. The SMILES string of the molecule is CC1CCC(Oc2cc(Cl)ccc2C(N)=S)CC1. The highest BCUT2D eigenvalue weighted by molar-refractivity contribution is 7.80. The maximum absolute atomic E-state index is 6.02. The summed E-state index contributed by atoms with van der Waals surface area (Å²) in [5.74, 6) is 1.52. The number of halogens is 1. The maximum Gasteiger partial charge on any atom is 0.131 e. The first kappa shape index (κ1) is 13.6. The van der Waals surface area contributed by atoms with Crippen LogP contribution in [0, 0.1) is 5.92 Å². The van der Waals surface area contributed by atoms with Gasteiger partial charge in [0.2, 0.25) is 0 Å². The molecule has 0 heterocycles. The summed E-state index contributed by atoms with van der Waals surface area (Å²) in [6.07, 6.45) is 4.86. The Labute approximate surface area is 118 Å². The van der Waals surface area contributed by atoms with Crippen molar-refractivity contribution in [2.45, 2.75) is 38.7 Å². The minimum absolute atomic E-state index is 0.257. The second-order valence-corrected chi connectivity index (χ2v) is 5.88. The Balaban J connectivity index is 2.12. The van der Waals surface area contributed by atoms with Gasteiger partial charge in [0, 0.05) is 5.02 Å². The van der Waals surface area contributed by atoms with Crippen molar-refractivity contribution in [3.63, 3.8) is 0 Å². The van der Waals surface area contributed by atoms with Crippen molar-refractivity contribution in [1.82, 2.24) is 0 Å². The standard InChI is InChI=1S/C14H18ClNOS/c1-9-2-5-11(6-3-9)17-13-8-10(15)4-7-12(13)14(16)18/h4,7-9,11H,2-3,5-6H2,1H3,(H2,16,18). The molecule has 0 aliphatic heterocycles. The highest BCUT2D eigenvalue weighted by atomic mass is 35.5. The first-order valence-electron chi connectivity index (χ1n) is 6.32. The van der Waals surface area contributed by atoms with Crippen molar-refractivity contribution in [1.29, 1.82) is 0 Å². The maximum atomic E-state index is 6.02. The summed E-state index contributed by atoms with van der Waals surface area (Å²) in [4.78, 5) is 0.353. The lowest BCUT2D eigenvalue weighted by Crippen LogP contribution is -2.24. The highest BCUT2D eigenvalue weighted by Gasteiger charge is 2.21. The summed E-state index contributed by atoms with van der Waals surface area (Å²) in [5.41, 5.74) is 6.47. The van der Waals surface area contributed by atoms with Crippen LogP contribution in [-0.2, 0) is 0 Å². The van der Waals surface area contributed by atoms with Crippen LogP contribution in [0.2, 0.25) is 5.02 Å². The number of thiocarbonyl (C=S) groups is 1. The monoisotopic (exact) mass is 283 g/mol. The topological polar surface area (TPSA) is 35.2 Å². The molecule has 4 heteroatoms. The van der Waals surface area contributed by atoms with E-state index in [2.05, 4.69) is 6.92 Å². The minimum atomic E-state index is 0.257. The van der Waals surface area contributed by atoms with Crippen LogP contribution in [0.4, 0.5) is 0 Å². The van der Waals surface area contributed by atoms with Crippen molar-refractivity contribution < 1.29 is 4.74 Å². The molecule has 2 nitrogen and oxygen atoms in total. The van der Waals surface area contributed by atoms with E-state index in [0.29, 0.717) is 10.0 Å². The second kappa shape index (κ2) is 5.89. The molecule has 2 N–H and O–H groups in total. The van der Waals surface area contributed by atoms with Gasteiger partial charge in [-0.1, -0.05) is 30.7 Å². The number of benzene rings is 1. The van der Waals surface area contributed by atoms with Crippen LogP contribution in [-0.4, -0.2) is 11.1 Å². The van der Waals surface area contributed by atoms with E-state index in [-0.39, 0.29) is 6.10 Å². The third-order valence-electron chi connectivity index (χ3n) is 3.47. The molecular formula is C14H18ClNOS. The largest absolute Gasteiger partial charge is 0.490 e. The Kier molecular flexibility index (Phi) is 4.46. The second-order valence-electron chi connectivity index (χ2n) is 5.00. The number of rotatable bonds is 3. The van der Waals surface area contributed by atoms with Gasteiger partial charge in [-0.3, -0.25) is 0 Å². The van der Waals surface area contributed by atoms with E-state index in [1.807, 2.05) is 6.07 Å². The molecule has 0 saturated heterocycles. The first-order chi connectivity index (χ1) is 8.56. The third kappa shape index (κ3) is 3.36. The van der Waals surface area contributed by atoms with Gasteiger partial charge < -0.3 is 10.5 Å². The van der Waals surface area contributed by atoms with Crippen molar-refractivity contribution in [3.8, 4) is 5.75 Å². The molecule has 0 atom stereocenters. The van der Waals surface area contributed by atoms with E-state index in [9.17, 15) is 0 Å². The van der Waals surface area contributed by atoms with E-state index in [4.69, 9.17) is 34.3 Å². The summed E-state index contributed by atoms with van der Waals surface area (Å²) >= 11 is 11.0. The average Bonchev–Trinajstić information content (AvgIpc) is 2.32. The highest BCUT2D eigenvalue weighted by Crippen LogP contribution is 2.30. The predicted molar refractivity (Wildman–Crippen MR) is 79.4 cm³/mol. The Morgan fingerprint density at radius 3 is 2.61 bits per heavy atom. The van der Waals surface area contributed by atoms with Gasteiger partial charge in [-0.2, -0.15) is 0 Å². The van der Waals surface area contributed by atoms with E-state index >= 15 is 0 Å². The molecule has 0 radical (unpaired) electrons. The summed E-state index contributed by atoms with van der Waals surface area (Å²) in [5, 5.41) is 0.647. The Hall–Kier alpha value is -0.800. The van der Waals surface area contributed by atoms with Gasteiger partial charge in [-0.15, -0.1) is 0 Å². The van der Waals surface area contributed by atoms with Crippen LogP contribution < -0.4 is 10.5 Å². The Bertz CT molecular complexity index is 441. The van der Waals surface area contributed by atoms with E-state index in [1.54, 1.807) is 12.1 Å². The number of hydrogen-bond donors (Lipinski definition) is 1. The zero-order valence-corrected chi connectivity index (χ0v) is 12.1. The Morgan fingerprint density at radius 2 is 2.00 bits per heavy atom. The normalized spacial score (nSPS) is 23.7. The molecule has 0 bridgehead atoms. The van der Waals surface area contributed by atoms with Gasteiger partial charge in [-0.05, 0) is 49.8 Å². The number of nitrogens with two attached hydrogens (primary N) is 1. The molecule has 1 aromatic rings. The van der Waals surface area contributed by atoms with Gasteiger partial charge in [0.25, 0.3) is 0 Å². The number of hydrogen-bond acceptors (Lipinski definition) is 2. The average molecular weight is 284 g/mol. The molecule has 1 fully saturated rings. The third-order valence-corrected chi connectivity index (χ3v) is 3.92. The van der Waals surface area contributed by atoms with Crippen molar-refractivity contribution in [2.75, 3.05) is 0 Å². The van der Waals surface area contributed by atoms with Crippen molar-refractivity contribution in [2.24, 2.45) is 11.7 Å². The fraction of sp³-hybridized carbons (Fsp3) is 0.500. The van der Waals surface area contributed by atoms with Crippen LogP contribution in [0.25, 0.3) is 0 Å². The summed E-state index contributed by atoms with van der Waals surface area (Å²) in [6.45, 7) is 2.29. The minimum Gasteiger partial charge on any atom is -0.490 e. The van der Waals surface area contributed by atoms with Gasteiger partial charge in [0.05, 0.1) is 11.7 Å². The van der Waals surface area contributed by atoms with Gasteiger partial charge in [0.15, 0.2) is 0 Å². The molecule has 1 aliphatic carbocycles. The molecule has 1 saturated carbocycles. The van der Waals surface area contributed by atoms with Crippen LogP contribution >= 0.6 is 23.8 Å². The summed E-state index contributed by atoms with van der Waals surface area (Å²) in [7, 11) is 0. The lowest BCUT2D eigenvalue weighted by molar-refractivity contribution is 0.135. The van der Waals surface area contributed by atoms with Crippen LogP contribution in [0.5, 0.6) is 5.75 Å². The summed E-state index contributed by atoms with van der Waals surface area (Å²) in [6, 6.07) is 5.41. The molecule has 98 valence electrons. The molecule has 0 amide bonds. The molecule has 0 aromatic heterocycles.